The van der Waals surface area contributed by atoms with Gasteiger partial charge in [-0.1, -0.05) is 12.8 Å². The molecule has 0 radical (unpaired) electrons. The summed E-state index contributed by atoms with van der Waals surface area (Å²) in [5.74, 6) is 0.455. The van der Waals surface area contributed by atoms with Crippen LogP contribution in [0.5, 0.6) is 0 Å². The van der Waals surface area contributed by atoms with Gasteiger partial charge in [0, 0.05) is 6.04 Å². The number of nitrogens with two attached hydrogens (primary N) is 1. The Kier molecular flexibility index (Phi) is 3.31. The number of carbonyl (C=O) groups excluding carboxylic acids is 1. The standard InChI is InChI=1S/C11H20N4O/c12-10(13)9(7-5-6-7)15-11(16)14-8-3-1-2-4-8/h7-9H,1-6H2,(H3,12,13)(H2,14,15,16). The molecule has 5 heteroatoms. The van der Waals surface area contributed by atoms with E-state index in [4.69, 9.17) is 11.1 Å². The molecule has 0 aromatic heterocycles. The maximum atomic E-state index is 11.7. The van der Waals surface area contributed by atoms with Crippen LogP contribution in [0.2, 0.25) is 0 Å². The molecule has 0 heterocycles. The minimum atomic E-state index is -0.263. The van der Waals surface area contributed by atoms with Crippen LogP contribution in [0.4, 0.5) is 4.79 Å². The van der Waals surface area contributed by atoms with Crippen LogP contribution in [0, 0.1) is 11.3 Å². The Morgan fingerprint density at radius 2 is 1.88 bits per heavy atom. The van der Waals surface area contributed by atoms with Crippen LogP contribution in [-0.2, 0) is 0 Å². The first-order valence-electron chi connectivity index (χ1n) is 6.08. The van der Waals surface area contributed by atoms with Crippen molar-refractivity contribution in [3.63, 3.8) is 0 Å². The fourth-order valence-corrected chi connectivity index (χ4v) is 2.32. The molecule has 1 atom stereocenters. The Hall–Kier alpha value is -1.26. The van der Waals surface area contributed by atoms with Crippen LogP contribution in [0.1, 0.15) is 38.5 Å². The summed E-state index contributed by atoms with van der Waals surface area (Å²) in [6.07, 6.45) is 6.67. The van der Waals surface area contributed by atoms with E-state index in [1.165, 1.54) is 12.8 Å². The van der Waals surface area contributed by atoms with Crippen molar-refractivity contribution in [2.45, 2.75) is 50.6 Å². The van der Waals surface area contributed by atoms with Crippen LogP contribution in [-0.4, -0.2) is 24.0 Å². The van der Waals surface area contributed by atoms with Crippen molar-refractivity contribution < 1.29 is 4.79 Å². The fraction of sp³-hybridized carbons (Fsp3) is 0.818. The largest absolute Gasteiger partial charge is 0.386 e. The zero-order chi connectivity index (χ0) is 11.5. The zero-order valence-electron chi connectivity index (χ0n) is 9.46. The lowest BCUT2D eigenvalue weighted by Crippen LogP contribution is -2.51. The molecule has 5 nitrogen and oxygen atoms in total. The summed E-state index contributed by atoms with van der Waals surface area (Å²) in [5, 5.41) is 13.2. The molecule has 16 heavy (non-hydrogen) atoms. The summed E-state index contributed by atoms with van der Waals surface area (Å²) in [7, 11) is 0. The van der Waals surface area contributed by atoms with Crippen molar-refractivity contribution >= 4 is 11.9 Å². The number of hydrogen-bond donors (Lipinski definition) is 4. The molecule has 2 saturated carbocycles. The van der Waals surface area contributed by atoms with E-state index in [9.17, 15) is 4.79 Å². The average molecular weight is 224 g/mol. The number of urea groups is 1. The molecule has 0 bridgehead atoms. The zero-order valence-corrected chi connectivity index (χ0v) is 9.46. The summed E-state index contributed by atoms with van der Waals surface area (Å²) >= 11 is 0. The molecule has 2 aliphatic rings. The van der Waals surface area contributed by atoms with Gasteiger partial charge in [0.2, 0.25) is 0 Å². The molecule has 1 unspecified atom stereocenters. The first-order chi connectivity index (χ1) is 7.66. The fourth-order valence-electron chi connectivity index (χ4n) is 2.32. The van der Waals surface area contributed by atoms with E-state index in [1.54, 1.807) is 0 Å². The first-order valence-corrected chi connectivity index (χ1v) is 6.08. The van der Waals surface area contributed by atoms with Crippen molar-refractivity contribution in [2.24, 2.45) is 11.7 Å². The highest BCUT2D eigenvalue weighted by atomic mass is 16.2. The van der Waals surface area contributed by atoms with Crippen molar-refractivity contribution in [1.82, 2.24) is 10.6 Å². The SMILES string of the molecule is N=C(N)C(NC(=O)NC1CCCC1)C1CC1. The second-order valence-corrected chi connectivity index (χ2v) is 4.87. The summed E-state index contributed by atoms with van der Waals surface area (Å²) in [4.78, 5) is 11.7. The van der Waals surface area contributed by atoms with E-state index >= 15 is 0 Å². The van der Waals surface area contributed by atoms with Crippen molar-refractivity contribution in [3.8, 4) is 0 Å². The monoisotopic (exact) mass is 224 g/mol. The highest BCUT2D eigenvalue weighted by Gasteiger charge is 2.34. The molecule has 2 amide bonds. The third-order valence-electron chi connectivity index (χ3n) is 3.41. The number of amides is 2. The van der Waals surface area contributed by atoms with Crippen LogP contribution >= 0.6 is 0 Å². The lowest BCUT2D eigenvalue weighted by Gasteiger charge is -2.19. The number of carbonyl (C=O) groups is 1. The summed E-state index contributed by atoms with van der Waals surface area (Å²) in [5.41, 5.74) is 5.47. The van der Waals surface area contributed by atoms with Gasteiger partial charge in [-0.05, 0) is 31.6 Å². The second-order valence-electron chi connectivity index (χ2n) is 4.87. The van der Waals surface area contributed by atoms with E-state index in [-0.39, 0.29) is 17.9 Å². The topological polar surface area (TPSA) is 91.0 Å². The van der Waals surface area contributed by atoms with Gasteiger partial charge in [-0.15, -0.1) is 0 Å². The average Bonchev–Trinajstić information content (AvgIpc) is 2.94. The van der Waals surface area contributed by atoms with Crippen LogP contribution in [0.15, 0.2) is 0 Å². The van der Waals surface area contributed by atoms with Gasteiger partial charge in [0.05, 0.1) is 6.04 Å². The third kappa shape index (κ3) is 2.87. The molecule has 0 aromatic carbocycles. The Morgan fingerprint density at radius 1 is 1.25 bits per heavy atom. The van der Waals surface area contributed by atoms with Crippen LogP contribution < -0.4 is 16.4 Å². The predicted molar refractivity (Wildman–Crippen MR) is 62.3 cm³/mol. The van der Waals surface area contributed by atoms with Crippen LogP contribution in [0.25, 0.3) is 0 Å². The molecule has 2 aliphatic carbocycles. The third-order valence-corrected chi connectivity index (χ3v) is 3.41. The maximum absolute atomic E-state index is 11.7. The normalized spacial score (nSPS) is 22.8. The number of amidine groups is 1. The number of hydrogen-bond acceptors (Lipinski definition) is 2. The molecule has 2 rings (SSSR count). The van der Waals surface area contributed by atoms with Crippen LogP contribution in [0.3, 0.4) is 0 Å². The molecule has 0 spiro atoms. The second kappa shape index (κ2) is 4.72. The van der Waals surface area contributed by atoms with Gasteiger partial charge < -0.3 is 16.4 Å². The van der Waals surface area contributed by atoms with E-state index < -0.39 is 0 Å². The highest BCUT2D eigenvalue weighted by molar-refractivity contribution is 5.88. The molecule has 2 fully saturated rings. The van der Waals surface area contributed by atoms with E-state index in [0.717, 1.165) is 25.7 Å². The van der Waals surface area contributed by atoms with E-state index in [0.29, 0.717) is 12.0 Å². The minimum absolute atomic E-state index is 0.0732. The Morgan fingerprint density at radius 3 is 2.38 bits per heavy atom. The number of rotatable bonds is 4. The van der Waals surface area contributed by atoms with Gasteiger partial charge in [0.1, 0.15) is 5.84 Å². The summed E-state index contributed by atoms with van der Waals surface area (Å²) in [6.45, 7) is 0. The maximum Gasteiger partial charge on any atom is 0.315 e. The lowest BCUT2D eigenvalue weighted by atomic mass is 10.1. The molecule has 0 aromatic rings. The lowest BCUT2D eigenvalue weighted by molar-refractivity contribution is 0.234. The van der Waals surface area contributed by atoms with Crippen molar-refractivity contribution in [3.05, 3.63) is 0 Å². The molecule has 0 aliphatic heterocycles. The van der Waals surface area contributed by atoms with E-state index in [2.05, 4.69) is 10.6 Å². The van der Waals surface area contributed by atoms with E-state index in [1.807, 2.05) is 0 Å². The smallest absolute Gasteiger partial charge is 0.315 e. The molecule has 90 valence electrons. The van der Waals surface area contributed by atoms with Crippen molar-refractivity contribution in [1.29, 1.82) is 5.41 Å². The Balaban J connectivity index is 1.77. The molecule has 0 saturated heterocycles. The van der Waals surface area contributed by atoms with Gasteiger partial charge >= 0.3 is 6.03 Å². The minimum Gasteiger partial charge on any atom is -0.386 e. The summed E-state index contributed by atoms with van der Waals surface area (Å²) < 4.78 is 0. The van der Waals surface area contributed by atoms with Gasteiger partial charge in [0.25, 0.3) is 0 Å². The highest BCUT2D eigenvalue weighted by Crippen LogP contribution is 2.32. The Bertz CT molecular complexity index is 282. The van der Waals surface area contributed by atoms with Gasteiger partial charge in [-0.2, -0.15) is 0 Å². The molecule has 5 N–H and O–H groups in total. The number of nitrogens with one attached hydrogen (secondary N) is 3. The van der Waals surface area contributed by atoms with Gasteiger partial charge in [-0.3, -0.25) is 5.41 Å². The predicted octanol–water partition coefficient (Wildman–Crippen LogP) is 0.943. The van der Waals surface area contributed by atoms with Gasteiger partial charge in [0.15, 0.2) is 0 Å². The molecular formula is C11H20N4O. The summed E-state index contributed by atoms with van der Waals surface area (Å²) in [6, 6.07) is -0.118. The molecular weight excluding hydrogens is 204 g/mol. The Labute approximate surface area is 95.7 Å². The van der Waals surface area contributed by atoms with Crippen molar-refractivity contribution in [2.75, 3.05) is 0 Å². The quantitative estimate of drug-likeness (QED) is 0.423. The first kappa shape index (κ1) is 11.2. The van der Waals surface area contributed by atoms with Gasteiger partial charge in [-0.25, -0.2) is 4.79 Å².